The summed E-state index contributed by atoms with van der Waals surface area (Å²) in [6.45, 7) is 10.3. The molecular weight excluding hydrogens is 148 g/mol. The van der Waals surface area contributed by atoms with Crippen LogP contribution in [0.4, 0.5) is 0 Å². The van der Waals surface area contributed by atoms with E-state index in [0.717, 1.165) is 5.92 Å². The summed E-state index contributed by atoms with van der Waals surface area (Å²) < 4.78 is 5.47. The molecule has 1 heteroatoms. The zero-order valence-corrected chi connectivity index (χ0v) is 8.21. The van der Waals surface area contributed by atoms with Crippen molar-refractivity contribution in [3.8, 4) is 0 Å². The molecule has 0 unspecified atom stereocenters. The van der Waals surface area contributed by atoms with Crippen molar-refractivity contribution in [2.45, 2.75) is 33.3 Å². The predicted octanol–water partition coefficient (Wildman–Crippen LogP) is 3.14. The highest BCUT2D eigenvalue weighted by Gasteiger charge is 2.27. The molecule has 0 amide bonds. The van der Waals surface area contributed by atoms with Crippen LogP contribution in [0.25, 0.3) is 0 Å². The monoisotopic (exact) mass is 166 g/mol. The summed E-state index contributed by atoms with van der Waals surface area (Å²) in [5, 5.41) is 0. The topological polar surface area (TPSA) is 9.23 Å². The van der Waals surface area contributed by atoms with Gasteiger partial charge in [-0.15, -0.1) is 0 Å². The number of ether oxygens (including phenoxy) is 1. The summed E-state index contributed by atoms with van der Waals surface area (Å²) in [5.74, 6) is 1.33. The SMILES string of the molecule is C=CO[C@H]1C(C)=CC[C@@H](C)[C@@H]1C. The van der Waals surface area contributed by atoms with Crippen LogP contribution < -0.4 is 0 Å². The normalized spacial score (nSPS) is 35.6. The van der Waals surface area contributed by atoms with Crippen LogP contribution in [-0.2, 0) is 4.74 Å². The lowest BCUT2D eigenvalue weighted by Gasteiger charge is -2.32. The highest BCUT2D eigenvalue weighted by Crippen LogP contribution is 2.31. The Balaban J connectivity index is 2.72. The van der Waals surface area contributed by atoms with Crippen molar-refractivity contribution in [1.82, 2.24) is 0 Å². The van der Waals surface area contributed by atoms with Gasteiger partial charge in [0.25, 0.3) is 0 Å². The lowest BCUT2D eigenvalue weighted by molar-refractivity contribution is 0.0898. The van der Waals surface area contributed by atoms with E-state index in [2.05, 4.69) is 33.4 Å². The largest absolute Gasteiger partial charge is 0.494 e. The summed E-state index contributed by atoms with van der Waals surface area (Å²) in [7, 11) is 0. The van der Waals surface area contributed by atoms with Gasteiger partial charge in [-0.2, -0.15) is 0 Å². The van der Waals surface area contributed by atoms with Gasteiger partial charge >= 0.3 is 0 Å². The lowest BCUT2D eigenvalue weighted by Crippen LogP contribution is -2.29. The molecule has 0 saturated heterocycles. The molecule has 68 valence electrons. The van der Waals surface area contributed by atoms with Crippen LogP contribution in [0.3, 0.4) is 0 Å². The molecule has 0 spiro atoms. The molecule has 1 nitrogen and oxygen atoms in total. The van der Waals surface area contributed by atoms with Crippen molar-refractivity contribution in [3.63, 3.8) is 0 Å². The Morgan fingerprint density at radius 3 is 2.83 bits per heavy atom. The van der Waals surface area contributed by atoms with E-state index in [1.165, 1.54) is 12.0 Å². The standard InChI is InChI=1S/C11H18O/c1-5-12-11-9(3)7-6-8(2)10(11)4/h5,7-8,10-11H,1,6H2,2-4H3/t8-,10+,11+/m1/s1. The van der Waals surface area contributed by atoms with Crippen LogP contribution >= 0.6 is 0 Å². The van der Waals surface area contributed by atoms with E-state index in [1.54, 1.807) is 6.26 Å². The Morgan fingerprint density at radius 2 is 2.25 bits per heavy atom. The van der Waals surface area contributed by atoms with Gasteiger partial charge in [0, 0.05) is 0 Å². The second-order valence-electron chi connectivity index (χ2n) is 3.74. The van der Waals surface area contributed by atoms with Crippen molar-refractivity contribution in [3.05, 3.63) is 24.5 Å². The minimum atomic E-state index is 0.256. The van der Waals surface area contributed by atoms with Crippen LogP contribution in [0, 0.1) is 11.8 Å². The first-order valence-electron chi connectivity index (χ1n) is 4.59. The molecule has 12 heavy (non-hydrogen) atoms. The number of rotatable bonds is 2. The summed E-state index contributed by atoms with van der Waals surface area (Å²) in [4.78, 5) is 0. The first kappa shape index (κ1) is 9.37. The van der Waals surface area contributed by atoms with Crippen LogP contribution in [0.5, 0.6) is 0 Å². The fourth-order valence-corrected chi connectivity index (χ4v) is 1.75. The van der Waals surface area contributed by atoms with Crippen LogP contribution in [0.15, 0.2) is 24.5 Å². The molecule has 1 aliphatic rings. The molecular formula is C11H18O. The summed E-state index contributed by atoms with van der Waals surface area (Å²) in [6, 6.07) is 0. The van der Waals surface area contributed by atoms with Gasteiger partial charge in [-0.1, -0.05) is 26.5 Å². The predicted molar refractivity (Wildman–Crippen MR) is 51.8 cm³/mol. The van der Waals surface area contributed by atoms with Crippen molar-refractivity contribution in [2.75, 3.05) is 0 Å². The molecule has 0 heterocycles. The molecule has 1 aliphatic carbocycles. The van der Waals surface area contributed by atoms with E-state index in [-0.39, 0.29) is 6.10 Å². The molecule has 0 saturated carbocycles. The van der Waals surface area contributed by atoms with Crippen LogP contribution in [0.1, 0.15) is 27.2 Å². The molecule has 0 fully saturated rings. The smallest absolute Gasteiger partial charge is 0.121 e. The van der Waals surface area contributed by atoms with E-state index in [0.29, 0.717) is 5.92 Å². The first-order valence-corrected chi connectivity index (χ1v) is 4.59. The van der Waals surface area contributed by atoms with Gasteiger partial charge in [0.15, 0.2) is 0 Å². The zero-order valence-electron chi connectivity index (χ0n) is 8.21. The maximum Gasteiger partial charge on any atom is 0.121 e. The third kappa shape index (κ3) is 1.71. The number of allylic oxidation sites excluding steroid dienone is 1. The van der Waals surface area contributed by atoms with Crippen molar-refractivity contribution in [1.29, 1.82) is 0 Å². The van der Waals surface area contributed by atoms with Gasteiger partial charge in [-0.05, 0) is 30.8 Å². The molecule has 0 aromatic rings. The molecule has 0 aliphatic heterocycles. The third-order valence-electron chi connectivity index (χ3n) is 2.88. The van der Waals surface area contributed by atoms with E-state index < -0.39 is 0 Å². The number of hydrogen-bond acceptors (Lipinski definition) is 1. The van der Waals surface area contributed by atoms with Gasteiger partial charge in [0.05, 0.1) is 6.26 Å². The fourth-order valence-electron chi connectivity index (χ4n) is 1.75. The minimum Gasteiger partial charge on any atom is -0.494 e. The van der Waals surface area contributed by atoms with Gasteiger partial charge in [-0.3, -0.25) is 0 Å². The van der Waals surface area contributed by atoms with Gasteiger partial charge in [0.2, 0.25) is 0 Å². The van der Waals surface area contributed by atoms with Crippen LogP contribution in [0.2, 0.25) is 0 Å². The highest BCUT2D eigenvalue weighted by atomic mass is 16.5. The summed E-state index contributed by atoms with van der Waals surface area (Å²) >= 11 is 0. The second kappa shape index (κ2) is 3.79. The Morgan fingerprint density at radius 1 is 1.58 bits per heavy atom. The summed E-state index contributed by atoms with van der Waals surface area (Å²) in [6.07, 6.45) is 5.27. The molecule has 3 atom stereocenters. The molecule has 0 bridgehead atoms. The van der Waals surface area contributed by atoms with Crippen molar-refractivity contribution < 1.29 is 4.74 Å². The van der Waals surface area contributed by atoms with Gasteiger partial charge < -0.3 is 4.74 Å². The first-order chi connectivity index (χ1) is 5.66. The highest BCUT2D eigenvalue weighted by molar-refractivity contribution is 5.12. The van der Waals surface area contributed by atoms with Crippen molar-refractivity contribution in [2.24, 2.45) is 11.8 Å². The molecule has 0 aromatic carbocycles. The Bertz CT molecular complexity index is 193. The van der Waals surface area contributed by atoms with E-state index >= 15 is 0 Å². The fraction of sp³-hybridized carbons (Fsp3) is 0.636. The average Bonchev–Trinajstić information content (AvgIpc) is 2.06. The molecule has 0 radical (unpaired) electrons. The second-order valence-corrected chi connectivity index (χ2v) is 3.74. The molecule has 0 N–H and O–H groups in total. The van der Waals surface area contributed by atoms with E-state index in [9.17, 15) is 0 Å². The van der Waals surface area contributed by atoms with Gasteiger partial charge in [-0.25, -0.2) is 0 Å². The Hall–Kier alpha value is -0.720. The maximum absolute atomic E-state index is 5.47. The Labute approximate surface area is 75.1 Å². The van der Waals surface area contributed by atoms with Crippen molar-refractivity contribution >= 4 is 0 Å². The zero-order chi connectivity index (χ0) is 9.14. The average molecular weight is 166 g/mol. The Kier molecular flexibility index (Phi) is 2.96. The van der Waals surface area contributed by atoms with Crippen LogP contribution in [-0.4, -0.2) is 6.10 Å². The van der Waals surface area contributed by atoms with E-state index in [1.807, 2.05) is 0 Å². The summed E-state index contributed by atoms with van der Waals surface area (Å²) in [5.41, 5.74) is 1.35. The minimum absolute atomic E-state index is 0.256. The third-order valence-corrected chi connectivity index (χ3v) is 2.88. The maximum atomic E-state index is 5.47. The number of hydrogen-bond donors (Lipinski definition) is 0. The lowest BCUT2D eigenvalue weighted by atomic mass is 9.80. The van der Waals surface area contributed by atoms with Gasteiger partial charge in [0.1, 0.15) is 6.10 Å². The quantitative estimate of drug-likeness (QED) is 0.452. The molecule has 0 aromatic heterocycles. The van der Waals surface area contributed by atoms with E-state index in [4.69, 9.17) is 4.74 Å². The molecule has 1 rings (SSSR count).